The van der Waals surface area contributed by atoms with E-state index in [9.17, 15) is 19.1 Å². The quantitative estimate of drug-likeness (QED) is 0.120. The van der Waals surface area contributed by atoms with Crippen LogP contribution in [0.5, 0.6) is 11.5 Å². The van der Waals surface area contributed by atoms with Crippen LogP contribution in [0.2, 0.25) is 0 Å². The van der Waals surface area contributed by atoms with Crippen molar-refractivity contribution in [1.82, 2.24) is 4.98 Å². The van der Waals surface area contributed by atoms with Crippen molar-refractivity contribution < 1.29 is 28.6 Å². The van der Waals surface area contributed by atoms with Gasteiger partial charge in [0.05, 0.1) is 28.4 Å². The average Bonchev–Trinajstić information content (AvgIpc) is 3.54. The predicted octanol–water partition coefficient (Wildman–Crippen LogP) is 7.04. The maximum atomic E-state index is 13.9. The second-order valence-corrected chi connectivity index (χ2v) is 10.6. The Hall–Kier alpha value is -5.02. The predicted molar refractivity (Wildman–Crippen MR) is 159 cm³/mol. The third-order valence-electron chi connectivity index (χ3n) is 6.87. The molecule has 1 unspecified atom stereocenters. The highest BCUT2D eigenvalue weighted by molar-refractivity contribution is 7.22. The summed E-state index contributed by atoms with van der Waals surface area (Å²) in [6, 6.07) is 26.5. The number of ketones is 1. The van der Waals surface area contributed by atoms with Crippen molar-refractivity contribution in [2.24, 2.45) is 0 Å². The topological polar surface area (TPSA) is 89.0 Å². The van der Waals surface area contributed by atoms with Gasteiger partial charge in [-0.25, -0.2) is 9.37 Å². The van der Waals surface area contributed by atoms with Crippen molar-refractivity contribution in [3.63, 3.8) is 0 Å². The minimum Gasteiger partial charge on any atom is -0.507 e. The molecule has 0 saturated carbocycles. The smallest absolute Gasteiger partial charge is 0.301 e. The lowest BCUT2D eigenvalue weighted by Crippen LogP contribution is -2.29. The average molecular weight is 581 g/mol. The normalized spacial score (nSPS) is 16.2. The van der Waals surface area contributed by atoms with Gasteiger partial charge in [0, 0.05) is 5.56 Å². The fourth-order valence-electron chi connectivity index (χ4n) is 4.85. The first kappa shape index (κ1) is 27.2. The molecule has 0 bridgehead atoms. The van der Waals surface area contributed by atoms with Crippen LogP contribution in [0.4, 0.5) is 9.52 Å². The molecule has 2 heterocycles. The number of Topliss-reactive ketones (excluding diaryl/α,β-unsaturated/α-hetero) is 1. The summed E-state index contributed by atoms with van der Waals surface area (Å²) in [5.74, 6) is -1.23. The van der Waals surface area contributed by atoms with Crippen LogP contribution >= 0.6 is 11.3 Å². The number of amides is 1. The van der Waals surface area contributed by atoms with Gasteiger partial charge < -0.3 is 14.6 Å². The van der Waals surface area contributed by atoms with Crippen LogP contribution in [0.15, 0.2) is 103 Å². The summed E-state index contributed by atoms with van der Waals surface area (Å²) in [6.07, 6.45) is 0. The first-order valence-corrected chi connectivity index (χ1v) is 14.1. The Morgan fingerprint density at radius 2 is 1.62 bits per heavy atom. The highest BCUT2D eigenvalue weighted by Gasteiger charge is 2.48. The molecule has 5 aromatic rings. The van der Waals surface area contributed by atoms with Crippen LogP contribution in [0, 0.1) is 5.82 Å². The number of hydrogen-bond donors (Lipinski definition) is 1. The van der Waals surface area contributed by atoms with Crippen LogP contribution < -0.4 is 14.4 Å². The Morgan fingerprint density at radius 1 is 0.929 bits per heavy atom. The van der Waals surface area contributed by atoms with Gasteiger partial charge in [0.15, 0.2) is 5.13 Å². The van der Waals surface area contributed by atoms with Crippen molar-refractivity contribution in [2.45, 2.75) is 19.6 Å². The summed E-state index contributed by atoms with van der Waals surface area (Å²) in [5.41, 5.74) is 2.35. The molecule has 1 atom stereocenters. The summed E-state index contributed by atoms with van der Waals surface area (Å²) in [6.45, 7) is 2.72. The number of thiazole rings is 1. The number of benzene rings is 4. The fraction of sp³-hybridized carbons (Fsp3) is 0.121. The number of ether oxygens (including phenoxy) is 2. The van der Waals surface area contributed by atoms with Crippen molar-refractivity contribution in [3.8, 4) is 11.5 Å². The first-order valence-electron chi connectivity index (χ1n) is 13.3. The minimum atomic E-state index is -0.981. The second-order valence-electron chi connectivity index (χ2n) is 9.58. The Balaban J connectivity index is 1.42. The number of aliphatic hydroxyl groups is 1. The molecular formula is C33H25FN2O5S. The molecule has 42 heavy (non-hydrogen) atoms. The van der Waals surface area contributed by atoms with E-state index < -0.39 is 23.5 Å². The molecular weight excluding hydrogens is 555 g/mol. The second kappa shape index (κ2) is 11.5. The molecule has 1 N–H and O–H groups in total. The molecule has 1 aliphatic heterocycles. The van der Waals surface area contributed by atoms with E-state index in [1.807, 2.05) is 37.3 Å². The number of aliphatic hydroxyl groups excluding tert-OH is 1. The highest BCUT2D eigenvalue weighted by Crippen LogP contribution is 2.44. The largest absolute Gasteiger partial charge is 0.507 e. The van der Waals surface area contributed by atoms with Gasteiger partial charge in [-0.15, -0.1) is 0 Å². The van der Waals surface area contributed by atoms with E-state index in [1.165, 1.54) is 23.1 Å². The van der Waals surface area contributed by atoms with Gasteiger partial charge >= 0.3 is 5.91 Å². The molecule has 0 radical (unpaired) electrons. The van der Waals surface area contributed by atoms with E-state index in [2.05, 4.69) is 4.98 Å². The molecule has 1 amide bonds. The molecule has 1 aromatic heterocycles. The molecule has 210 valence electrons. The van der Waals surface area contributed by atoms with E-state index in [4.69, 9.17) is 9.47 Å². The van der Waals surface area contributed by atoms with Crippen LogP contribution in [0.1, 0.15) is 29.7 Å². The summed E-state index contributed by atoms with van der Waals surface area (Å²) in [5, 5.41) is 11.6. The maximum Gasteiger partial charge on any atom is 0.301 e. The standard InChI is InChI=1S/C33H25FN2O5S/c1-2-40-24-15-10-22(11-16-24)30(37)28-29(21-8-13-25(14-9-21)41-19-20-6-4-3-5-7-20)36(32(39)31(28)38)33-35-26-17-12-23(34)18-27(26)42-33/h3-18,29,37H,2,19H2,1H3/b30-28+. The van der Waals surface area contributed by atoms with Gasteiger partial charge in [0.25, 0.3) is 5.78 Å². The Morgan fingerprint density at radius 3 is 2.33 bits per heavy atom. The van der Waals surface area contributed by atoms with E-state index in [1.54, 1.807) is 48.5 Å². The zero-order chi connectivity index (χ0) is 29.2. The van der Waals surface area contributed by atoms with Crippen molar-refractivity contribution >= 4 is 44.1 Å². The number of halogens is 1. The zero-order valence-electron chi connectivity index (χ0n) is 22.5. The fourth-order valence-corrected chi connectivity index (χ4v) is 5.87. The van der Waals surface area contributed by atoms with Gasteiger partial charge in [-0.1, -0.05) is 53.8 Å². The van der Waals surface area contributed by atoms with Crippen LogP contribution in [0.25, 0.3) is 16.0 Å². The van der Waals surface area contributed by atoms with Gasteiger partial charge in [-0.3, -0.25) is 14.5 Å². The maximum absolute atomic E-state index is 13.9. The third-order valence-corrected chi connectivity index (χ3v) is 7.89. The number of aromatic nitrogens is 1. The highest BCUT2D eigenvalue weighted by atomic mass is 32.1. The summed E-state index contributed by atoms with van der Waals surface area (Å²) in [4.78, 5) is 32.8. The van der Waals surface area contributed by atoms with Gasteiger partial charge in [0.1, 0.15) is 29.7 Å². The molecule has 1 saturated heterocycles. The van der Waals surface area contributed by atoms with E-state index in [0.717, 1.165) is 16.9 Å². The lowest BCUT2D eigenvalue weighted by molar-refractivity contribution is -0.132. The Kier molecular flexibility index (Phi) is 7.41. The van der Waals surface area contributed by atoms with Crippen molar-refractivity contribution in [2.75, 3.05) is 11.5 Å². The molecule has 4 aromatic carbocycles. The lowest BCUT2D eigenvalue weighted by Gasteiger charge is -2.23. The number of anilines is 1. The molecule has 7 nitrogen and oxygen atoms in total. The van der Waals surface area contributed by atoms with E-state index in [-0.39, 0.29) is 16.5 Å². The minimum absolute atomic E-state index is 0.0763. The van der Waals surface area contributed by atoms with Crippen LogP contribution in [-0.2, 0) is 16.2 Å². The summed E-state index contributed by atoms with van der Waals surface area (Å²) >= 11 is 1.10. The summed E-state index contributed by atoms with van der Waals surface area (Å²) in [7, 11) is 0. The van der Waals surface area contributed by atoms with Gasteiger partial charge in [-0.05, 0) is 72.6 Å². The Bertz CT molecular complexity index is 1800. The van der Waals surface area contributed by atoms with Crippen molar-refractivity contribution in [1.29, 1.82) is 0 Å². The molecule has 1 fully saturated rings. The number of hydrogen-bond acceptors (Lipinski definition) is 7. The Labute approximate surface area is 245 Å². The number of nitrogens with zero attached hydrogens (tertiary/aromatic N) is 2. The molecule has 9 heteroatoms. The lowest BCUT2D eigenvalue weighted by atomic mass is 9.95. The van der Waals surface area contributed by atoms with Crippen molar-refractivity contribution in [3.05, 3.63) is 125 Å². The number of rotatable bonds is 8. The molecule has 0 spiro atoms. The molecule has 6 rings (SSSR count). The summed E-state index contributed by atoms with van der Waals surface area (Å²) < 4.78 is 25.9. The van der Waals surface area contributed by atoms with E-state index in [0.29, 0.717) is 46.1 Å². The molecule has 0 aliphatic carbocycles. The molecule has 1 aliphatic rings. The van der Waals surface area contributed by atoms with E-state index >= 15 is 0 Å². The van der Waals surface area contributed by atoms with Gasteiger partial charge in [-0.2, -0.15) is 0 Å². The van der Waals surface area contributed by atoms with Crippen LogP contribution in [0.3, 0.4) is 0 Å². The number of fused-ring (bicyclic) bond motifs is 1. The SMILES string of the molecule is CCOc1ccc(/C(O)=C2\C(=O)C(=O)N(c3nc4ccc(F)cc4s3)C2c2ccc(OCc3ccccc3)cc2)cc1. The van der Waals surface area contributed by atoms with Crippen LogP contribution in [-0.4, -0.2) is 28.4 Å². The third kappa shape index (κ3) is 5.22. The number of carbonyl (C=O) groups excluding carboxylic acids is 2. The van der Waals surface area contributed by atoms with Gasteiger partial charge in [0.2, 0.25) is 0 Å². The zero-order valence-corrected chi connectivity index (χ0v) is 23.3. The monoisotopic (exact) mass is 580 g/mol. The first-order chi connectivity index (χ1) is 20.4. The number of carbonyl (C=O) groups is 2.